The first-order valence-electron chi connectivity index (χ1n) is 9.64. The molecule has 2 rings (SSSR count). The number of amides is 2. The molecule has 2 amide bonds. The lowest BCUT2D eigenvalue weighted by molar-refractivity contribution is -0.131. The molecule has 0 bridgehead atoms. The second kappa shape index (κ2) is 10.4. The number of hydroxylamine groups is 1. The molecule has 1 aromatic carbocycles. The Bertz CT molecular complexity index is 1010. The highest BCUT2D eigenvalue weighted by Gasteiger charge is 2.43. The van der Waals surface area contributed by atoms with Crippen LogP contribution in [-0.4, -0.2) is 67.8 Å². The summed E-state index contributed by atoms with van der Waals surface area (Å²) < 4.78 is 27.0. The molecule has 1 unspecified atom stereocenters. The van der Waals surface area contributed by atoms with Gasteiger partial charge >= 0.3 is 6.09 Å². The molecule has 1 atom stereocenters. The Kier molecular flexibility index (Phi) is 8.21. The minimum absolute atomic E-state index is 0.0591. The van der Waals surface area contributed by atoms with E-state index < -0.39 is 26.6 Å². The van der Waals surface area contributed by atoms with Crippen molar-refractivity contribution in [2.45, 2.75) is 24.5 Å². The van der Waals surface area contributed by atoms with Gasteiger partial charge in [0.15, 0.2) is 21.2 Å². The number of hydrogen-bond acceptors (Lipinski definition) is 7. The first-order chi connectivity index (χ1) is 14.6. The fourth-order valence-electron chi connectivity index (χ4n) is 3.15. The highest BCUT2D eigenvalue weighted by Crippen LogP contribution is 2.25. The third-order valence-corrected chi connectivity index (χ3v) is 7.40. The zero-order chi connectivity index (χ0) is 23.1. The maximum Gasteiger partial charge on any atom is 0.405 e. The zero-order valence-electron chi connectivity index (χ0n) is 17.6. The summed E-state index contributed by atoms with van der Waals surface area (Å²) in [6.07, 6.45) is 3.07. The van der Waals surface area contributed by atoms with Gasteiger partial charge in [-0.1, -0.05) is 30.0 Å². The van der Waals surface area contributed by atoms with Gasteiger partial charge in [0.2, 0.25) is 0 Å². The summed E-state index contributed by atoms with van der Waals surface area (Å²) >= 11 is 0. The van der Waals surface area contributed by atoms with Crippen LogP contribution in [0.1, 0.15) is 30.9 Å². The van der Waals surface area contributed by atoms with E-state index >= 15 is 0 Å². The molecule has 0 aliphatic carbocycles. The van der Waals surface area contributed by atoms with Crippen LogP contribution in [0.5, 0.6) is 0 Å². The normalized spacial score (nSPS) is 16.3. The van der Waals surface area contributed by atoms with Gasteiger partial charge in [0.1, 0.15) is 0 Å². The summed E-state index contributed by atoms with van der Waals surface area (Å²) in [6.45, 7) is 3.02. The number of carbonyl (C=O) groups excluding carboxylic acids is 2. The van der Waals surface area contributed by atoms with Gasteiger partial charge in [-0.05, 0) is 43.0 Å². The van der Waals surface area contributed by atoms with Gasteiger partial charge in [0.25, 0.3) is 5.91 Å². The molecule has 31 heavy (non-hydrogen) atoms. The Morgan fingerprint density at radius 2 is 2.00 bits per heavy atom. The van der Waals surface area contributed by atoms with Crippen LogP contribution in [-0.2, 0) is 19.4 Å². The molecule has 0 aromatic heterocycles. The Balaban J connectivity index is 1.96. The standard InChI is InChI=1S/C21H27N3O6S/c1-21(19(25)23-27,31(2,28)29)11-14-24-12-9-18(10-13-24)17-7-5-16(6-8-17)4-3-15-30-20(22)26/h5-9,27H,10-15H2,1-2H3,(H2,22,26)(H,23,25). The van der Waals surface area contributed by atoms with Gasteiger partial charge in [0.05, 0.1) is 0 Å². The molecule has 168 valence electrons. The number of nitrogens with zero attached hydrogens (tertiary/aromatic N) is 1. The fourth-order valence-corrected chi connectivity index (χ4v) is 3.99. The highest BCUT2D eigenvalue weighted by atomic mass is 32.2. The third-order valence-electron chi connectivity index (χ3n) is 5.37. The van der Waals surface area contributed by atoms with Crippen LogP contribution in [0, 0.1) is 11.8 Å². The lowest BCUT2D eigenvalue weighted by Crippen LogP contribution is -2.51. The van der Waals surface area contributed by atoms with E-state index in [1.54, 1.807) is 0 Å². The number of hydrogen-bond donors (Lipinski definition) is 3. The molecule has 0 saturated carbocycles. The predicted octanol–water partition coefficient (Wildman–Crippen LogP) is 0.921. The molecule has 0 spiro atoms. The Morgan fingerprint density at radius 1 is 1.32 bits per heavy atom. The molecule has 0 fully saturated rings. The number of nitrogens with one attached hydrogen (secondary N) is 1. The number of primary amides is 1. The molecular weight excluding hydrogens is 422 g/mol. The smallest absolute Gasteiger partial charge is 0.405 e. The van der Waals surface area contributed by atoms with Crippen molar-refractivity contribution in [2.75, 3.05) is 32.5 Å². The van der Waals surface area contributed by atoms with Crippen LogP contribution in [0.4, 0.5) is 4.79 Å². The number of carbonyl (C=O) groups is 2. The lowest BCUT2D eigenvalue weighted by atomic mass is 9.98. The predicted molar refractivity (Wildman–Crippen MR) is 116 cm³/mol. The average Bonchev–Trinajstić information content (AvgIpc) is 2.74. The Hall–Kier alpha value is -2.87. The van der Waals surface area contributed by atoms with Crippen molar-refractivity contribution in [1.29, 1.82) is 0 Å². The Morgan fingerprint density at radius 3 is 2.52 bits per heavy atom. The minimum Gasteiger partial charge on any atom is -0.437 e. The van der Waals surface area contributed by atoms with Gasteiger partial charge in [-0.15, -0.1) is 0 Å². The van der Waals surface area contributed by atoms with E-state index in [0.717, 1.165) is 30.3 Å². The first-order valence-corrected chi connectivity index (χ1v) is 11.5. The number of nitrogens with two attached hydrogens (primary N) is 1. The van der Waals surface area contributed by atoms with Crippen molar-refractivity contribution in [1.82, 2.24) is 10.4 Å². The molecule has 0 radical (unpaired) electrons. The van der Waals surface area contributed by atoms with Gasteiger partial charge in [-0.25, -0.2) is 18.7 Å². The van der Waals surface area contributed by atoms with Crippen molar-refractivity contribution < 1.29 is 28.0 Å². The number of sulfone groups is 1. The van der Waals surface area contributed by atoms with Crippen LogP contribution in [0.2, 0.25) is 0 Å². The van der Waals surface area contributed by atoms with E-state index in [1.807, 2.05) is 24.3 Å². The maximum atomic E-state index is 12.1. The van der Waals surface area contributed by atoms with Gasteiger partial charge in [-0.3, -0.25) is 14.9 Å². The highest BCUT2D eigenvalue weighted by molar-refractivity contribution is 7.92. The van der Waals surface area contributed by atoms with Gasteiger partial charge in [0, 0.05) is 31.5 Å². The van der Waals surface area contributed by atoms with Crippen LogP contribution < -0.4 is 11.2 Å². The Labute approximate surface area is 182 Å². The van der Waals surface area contributed by atoms with Crippen molar-refractivity contribution in [2.24, 2.45) is 5.73 Å². The van der Waals surface area contributed by atoms with Crippen molar-refractivity contribution >= 4 is 27.4 Å². The fraction of sp³-hybridized carbons (Fsp3) is 0.429. The summed E-state index contributed by atoms with van der Waals surface area (Å²) in [6, 6.07) is 7.69. The summed E-state index contributed by atoms with van der Waals surface area (Å²) in [7, 11) is -3.70. The van der Waals surface area contributed by atoms with Crippen molar-refractivity contribution in [3.05, 3.63) is 41.5 Å². The van der Waals surface area contributed by atoms with Crippen molar-refractivity contribution in [3.8, 4) is 11.8 Å². The maximum absolute atomic E-state index is 12.1. The van der Waals surface area contributed by atoms with Crippen molar-refractivity contribution in [3.63, 3.8) is 0 Å². The SMILES string of the molecule is CC(CCN1CC=C(c2ccc(C#CCOC(N)=O)cc2)CC1)(C(=O)NO)S(C)(=O)=O. The van der Waals surface area contributed by atoms with Crippen LogP contribution in [0.15, 0.2) is 30.3 Å². The topological polar surface area (TPSA) is 139 Å². The average molecular weight is 450 g/mol. The number of benzene rings is 1. The largest absolute Gasteiger partial charge is 0.437 e. The zero-order valence-corrected chi connectivity index (χ0v) is 18.4. The van der Waals surface area contributed by atoms with E-state index in [0.29, 0.717) is 13.1 Å². The third kappa shape index (κ3) is 6.55. The van der Waals surface area contributed by atoms with E-state index in [1.165, 1.54) is 18.0 Å². The lowest BCUT2D eigenvalue weighted by Gasteiger charge is -2.31. The molecule has 1 aliphatic heterocycles. The molecular formula is C21H27N3O6S. The molecule has 0 saturated heterocycles. The quantitative estimate of drug-likeness (QED) is 0.320. The monoisotopic (exact) mass is 449 g/mol. The minimum atomic E-state index is -3.70. The van der Waals surface area contributed by atoms with E-state index in [4.69, 9.17) is 10.9 Å². The summed E-state index contributed by atoms with van der Waals surface area (Å²) in [5.41, 5.74) is 9.37. The second-order valence-corrected chi connectivity index (χ2v) is 9.91. The van der Waals surface area contributed by atoms with E-state index in [-0.39, 0.29) is 13.0 Å². The van der Waals surface area contributed by atoms with Gasteiger partial charge in [-0.2, -0.15) is 0 Å². The molecule has 10 heteroatoms. The van der Waals surface area contributed by atoms with Crippen LogP contribution >= 0.6 is 0 Å². The molecule has 1 heterocycles. The number of ether oxygens (including phenoxy) is 1. The van der Waals surface area contributed by atoms with Crippen LogP contribution in [0.25, 0.3) is 5.57 Å². The summed E-state index contributed by atoms with van der Waals surface area (Å²) in [4.78, 5) is 24.5. The molecule has 4 N–H and O–H groups in total. The van der Waals surface area contributed by atoms with E-state index in [2.05, 4.69) is 27.6 Å². The second-order valence-electron chi connectivity index (χ2n) is 7.46. The summed E-state index contributed by atoms with van der Waals surface area (Å²) in [5, 5.41) is 8.91. The van der Waals surface area contributed by atoms with E-state index in [9.17, 15) is 18.0 Å². The van der Waals surface area contributed by atoms with Gasteiger partial charge < -0.3 is 10.5 Å². The molecule has 9 nitrogen and oxygen atoms in total. The summed E-state index contributed by atoms with van der Waals surface area (Å²) in [5.74, 6) is 4.67. The molecule has 1 aliphatic rings. The molecule has 1 aromatic rings. The first kappa shape index (κ1) is 24.4. The number of rotatable bonds is 7. The van der Waals surface area contributed by atoms with Crippen LogP contribution in [0.3, 0.4) is 0 Å².